The Morgan fingerprint density at radius 2 is 1.86 bits per heavy atom. The second-order valence-corrected chi connectivity index (χ2v) is 3.39. The maximum atomic E-state index is 5.32. The minimum absolute atomic E-state index is 0.784. The predicted molar refractivity (Wildman–Crippen MR) is 56.9 cm³/mol. The molecule has 0 saturated heterocycles. The first-order valence-electron chi connectivity index (χ1n) is 4.53. The van der Waals surface area contributed by atoms with Crippen LogP contribution in [-0.2, 0) is 6.54 Å². The van der Waals surface area contributed by atoms with Crippen molar-refractivity contribution in [2.45, 2.75) is 6.54 Å². The van der Waals surface area contributed by atoms with Crippen LogP contribution in [0.1, 0.15) is 5.56 Å². The molecule has 0 spiro atoms. The number of nitrogens with zero attached hydrogens (tertiary/aromatic N) is 1. The first-order chi connectivity index (χ1) is 6.69. The molecule has 0 saturated carbocycles. The van der Waals surface area contributed by atoms with Crippen molar-refractivity contribution in [1.29, 1.82) is 0 Å². The molecule has 0 amide bonds. The zero-order valence-corrected chi connectivity index (χ0v) is 9.20. The summed E-state index contributed by atoms with van der Waals surface area (Å²) in [7, 11) is 7.37. The van der Waals surface area contributed by atoms with E-state index >= 15 is 0 Å². The Bertz CT molecular complexity index is 297. The van der Waals surface area contributed by atoms with E-state index in [1.807, 2.05) is 32.3 Å². The second-order valence-electron chi connectivity index (χ2n) is 3.39. The fourth-order valence-corrected chi connectivity index (χ4v) is 1.42. The van der Waals surface area contributed by atoms with Crippen LogP contribution in [0.3, 0.4) is 0 Å². The van der Waals surface area contributed by atoms with Gasteiger partial charge in [-0.15, -0.1) is 0 Å². The third-order valence-corrected chi connectivity index (χ3v) is 1.97. The molecule has 0 radical (unpaired) electrons. The van der Waals surface area contributed by atoms with E-state index in [-0.39, 0.29) is 0 Å². The molecule has 0 N–H and O–H groups in total. The van der Waals surface area contributed by atoms with Gasteiger partial charge in [0.15, 0.2) is 11.5 Å². The van der Waals surface area contributed by atoms with Crippen molar-refractivity contribution in [3.05, 3.63) is 23.8 Å². The molecular weight excluding hydrogens is 178 g/mol. The first-order valence-corrected chi connectivity index (χ1v) is 4.53. The number of methoxy groups -OCH3 is 2. The molecule has 3 nitrogen and oxygen atoms in total. The SMILES string of the molecule is COc1cccc(CN(C)C)c1OC. The van der Waals surface area contributed by atoms with Crippen LogP contribution in [0, 0.1) is 0 Å². The molecule has 0 bridgehead atoms. The van der Waals surface area contributed by atoms with Gasteiger partial charge in [-0.2, -0.15) is 0 Å². The standard InChI is InChI=1S/C11H17NO2/c1-12(2)8-9-6-5-7-10(13-3)11(9)14-4/h5-7H,8H2,1-4H3. The van der Waals surface area contributed by atoms with E-state index in [1.165, 1.54) is 0 Å². The summed E-state index contributed by atoms with van der Waals surface area (Å²) in [5.74, 6) is 1.61. The fraction of sp³-hybridized carbons (Fsp3) is 0.455. The van der Waals surface area contributed by atoms with Crippen LogP contribution in [-0.4, -0.2) is 33.2 Å². The largest absolute Gasteiger partial charge is 0.493 e. The lowest BCUT2D eigenvalue weighted by atomic mass is 10.2. The van der Waals surface area contributed by atoms with Gasteiger partial charge in [0, 0.05) is 12.1 Å². The van der Waals surface area contributed by atoms with Crippen LogP contribution in [0.25, 0.3) is 0 Å². The number of benzene rings is 1. The minimum atomic E-state index is 0.784. The Labute approximate surface area is 85.2 Å². The number of ether oxygens (including phenoxy) is 2. The molecular formula is C11H17NO2. The molecule has 1 aromatic carbocycles. The highest BCUT2D eigenvalue weighted by Gasteiger charge is 2.09. The number of hydrogen-bond acceptors (Lipinski definition) is 3. The van der Waals surface area contributed by atoms with E-state index in [4.69, 9.17) is 9.47 Å². The van der Waals surface area contributed by atoms with Crippen molar-refractivity contribution >= 4 is 0 Å². The Balaban J connectivity index is 3.02. The van der Waals surface area contributed by atoms with Gasteiger partial charge in [0.25, 0.3) is 0 Å². The summed E-state index contributed by atoms with van der Waals surface area (Å²) >= 11 is 0. The Kier molecular flexibility index (Phi) is 3.77. The predicted octanol–water partition coefficient (Wildman–Crippen LogP) is 1.77. The van der Waals surface area contributed by atoms with E-state index in [0.29, 0.717) is 0 Å². The lowest BCUT2D eigenvalue weighted by molar-refractivity contribution is 0.339. The van der Waals surface area contributed by atoms with Crippen LogP contribution in [0.2, 0.25) is 0 Å². The summed E-state index contributed by atoms with van der Waals surface area (Å²) in [5.41, 5.74) is 1.14. The first kappa shape index (κ1) is 10.9. The van der Waals surface area contributed by atoms with Crippen LogP contribution in [0.5, 0.6) is 11.5 Å². The zero-order chi connectivity index (χ0) is 10.6. The maximum Gasteiger partial charge on any atom is 0.165 e. The number of hydrogen-bond donors (Lipinski definition) is 0. The van der Waals surface area contributed by atoms with Gasteiger partial charge in [-0.1, -0.05) is 12.1 Å². The monoisotopic (exact) mass is 195 g/mol. The Morgan fingerprint density at radius 3 is 2.36 bits per heavy atom. The van der Waals surface area contributed by atoms with Gasteiger partial charge in [-0.3, -0.25) is 0 Å². The van der Waals surface area contributed by atoms with Gasteiger partial charge in [0.2, 0.25) is 0 Å². The molecule has 14 heavy (non-hydrogen) atoms. The van der Waals surface area contributed by atoms with E-state index in [1.54, 1.807) is 14.2 Å². The van der Waals surface area contributed by atoms with Crippen molar-refractivity contribution < 1.29 is 9.47 Å². The highest BCUT2D eigenvalue weighted by Crippen LogP contribution is 2.30. The zero-order valence-electron chi connectivity index (χ0n) is 9.20. The maximum absolute atomic E-state index is 5.32. The quantitative estimate of drug-likeness (QED) is 0.730. The average Bonchev–Trinajstić information content (AvgIpc) is 2.16. The van der Waals surface area contributed by atoms with Gasteiger partial charge in [0.1, 0.15) is 0 Å². The van der Waals surface area contributed by atoms with Crippen LogP contribution < -0.4 is 9.47 Å². The molecule has 1 aromatic rings. The molecule has 3 heteroatoms. The Morgan fingerprint density at radius 1 is 1.14 bits per heavy atom. The summed E-state index contributed by atoms with van der Waals surface area (Å²) in [6.45, 7) is 0.848. The highest BCUT2D eigenvalue weighted by atomic mass is 16.5. The van der Waals surface area contributed by atoms with Crippen LogP contribution in [0.4, 0.5) is 0 Å². The fourth-order valence-electron chi connectivity index (χ4n) is 1.42. The molecule has 0 atom stereocenters. The summed E-state index contributed by atoms with van der Waals surface area (Å²) in [4.78, 5) is 2.09. The van der Waals surface area contributed by atoms with Crippen molar-refractivity contribution in [3.8, 4) is 11.5 Å². The minimum Gasteiger partial charge on any atom is -0.493 e. The molecule has 0 fully saturated rings. The molecule has 0 unspecified atom stereocenters. The molecule has 0 aliphatic rings. The molecule has 0 aliphatic carbocycles. The number of rotatable bonds is 4. The molecule has 78 valence electrons. The molecule has 0 aliphatic heterocycles. The van der Waals surface area contributed by atoms with Crippen LogP contribution >= 0.6 is 0 Å². The lowest BCUT2D eigenvalue weighted by Crippen LogP contribution is -2.11. The van der Waals surface area contributed by atoms with Gasteiger partial charge >= 0.3 is 0 Å². The summed E-state index contributed by atoms with van der Waals surface area (Å²) in [5, 5.41) is 0. The highest BCUT2D eigenvalue weighted by molar-refractivity contribution is 5.46. The molecule has 1 rings (SSSR count). The van der Waals surface area contributed by atoms with E-state index in [2.05, 4.69) is 4.90 Å². The average molecular weight is 195 g/mol. The summed E-state index contributed by atoms with van der Waals surface area (Å²) in [6.07, 6.45) is 0. The van der Waals surface area contributed by atoms with E-state index < -0.39 is 0 Å². The van der Waals surface area contributed by atoms with Crippen molar-refractivity contribution in [2.75, 3.05) is 28.3 Å². The Hall–Kier alpha value is -1.22. The van der Waals surface area contributed by atoms with Gasteiger partial charge < -0.3 is 14.4 Å². The third-order valence-electron chi connectivity index (χ3n) is 1.97. The van der Waals surface area contributed by atoms with Crippen molar-refractivity contribution in [1.82, 2.24) is 4.90 Å². The topological polar surface area (TPSA) is 21.7 Å². The normalized spacial score (nSPS) is 10.4. The third kappa shape index (κ3) is 2.39. The van der Waals surface area contributed by atoms with Gasteiger partial charge in [-0.25, -0.2) is 0 Å². The molecule has 0 heterocycles. The summed E-state index contributed by atoms with van der Waals surface area (Å²) < 4.78 is 10.5. The van der Waals surface area contributed by atoms with Crippen LogP contribution in [0.15, 0.2) is 18.2 Å². The van der Waals surface area contributed by atoms with Gasteiger partial charge in [0.05, 0.1) is 14.2 Å². The number of para-hydroxylation sites is 1. The van der Waals surface area contributed by atoms with Crippen molar-refractivity contribution in [2.24, 2.45) is 0 Å². The summed E-state index contributed by atoms with van der Waals surface area (Å²) in [6, 6.07) is 5.92. The second kappa shape index (κ2) is 4.86. The molecule has 0 aromatic heterocycles. The van der Waals surface area contributed by atoms with E-state index in [0.717, 1.165) is 23.6 Å². The lowest BCUT2D eigenvalue weighted by Gasteiger charge is -2.15. The van der Waals surface area contributed by atoms with Crippen molar-refractivity contribution in [3.63, 3.8) is 0 Å². The van der Waals surface area contributed by atoms with Gasteiger partial charge in [-0.05, 0) is 20.2 Å². The van der Waals surface area contributed by atoms with E-state index in [9.17, 15) is 0 Å². The smallest absolute Gasteiger partial charge is 0.165 e.